The normalized spacial score (nSPS) is 17.4. The zero-order chi connectivity index (χ0) is 11.5. The van der Waals surface area contributed by atoms with Gasteiger partial charge in [0.05, 0.1) is 6.26 Å². The molecule has 4 nitrogen and oxygen atoms in total. The second-order valence-corrected chi connectivity index (χ2v) is 4.44. The van der Waals surface area contributed by atoms with E-state index in [2.05, 4.69) is 9.55 Å². The SMILES string of the molecule is c1coc(-c2nccn2CC2CCOCC2)c1. The van der Waals surface area contributed by atoms with Crippen molar-refractivity contribution >= 4 is 0 Å². The summed E-state index contributed by atoms with van der Waals surface area (Å²) in [6.07, 6.45) is 7.80. The summed E-state index contributed by atoms with van der Waals surface area (Å²) in [6, 6.07) is 3.84. The number of ether oxygens (including phenoxy) is 1. The van der Waals surface area contributed by atoms with Crippen LogP contribution in [0, 0.1) is 5.92 Å². The third-order valence-corrected chi connectivity index (χ3v) is 3.25. The van der Waals surface area contributed by atoms with E-state index >= 15 is 0 Å². The Balaban J connectivity index is 1.77. The van der Waals surface area contributed by atoms with E-state index in [9.17, 15) is 0 Å². The largest absolute Gasteiger partial charge is 0.461 e. The molecule has 90 valence electrons. The fourth-order valence-electron chi connectivity index (χ4n) is 2.29. The average Bonchev–Trinajstić information content (AvgIpc) is 3.00. The molecule has 3 heterocycles. The van der Waals surface area contributed by atoms with E-state index in [1.807, 2.05) is 24.5 Å². The molecule has 0 aromatic carbocycles. The number of furan rings is 1. The van der Waals surface area contributed by atoms with Gasteiger partial charge < -0.3 is 13.7 Å². The molecular formula is C13H16N2O2. The second kappa shape index (κ2) is 4.75. The number of aromatic nitrogens is 2. The summed E-state index contributed by atoms with van der Waals surface area (Å²) in [5, 5.41) is 0. The van der Waals surface area contributed by atoms with Crippen molar-refractivity contribution < 1.29 is 9.15 Å². The van der Waals surface area contributed by atoms with Crippen molar-refractivity contribution in [2.24, 2.45) is 5.92 Å². The van der Waals surface area contributed by atoms with Crippen molar-refractivity contribution in [2.75, 3.05) is 13.2 Å². The minimum Gasteiger partial charge on any atom is -0.461 e. The van der Waals surface area contributed by atoms with Crippen LogP contribution in [0.3, 0.4) is 0 Å². The van der Waals surface area contributed by atoms with Crippen LogP contribution in [0.25, 0.3) is 11.6 Å². The molecule has 1 fully saturated rings. The van der Waals surface area contributed by atoms with Crippen molar-refractivity contribution in [1.29, 1.82) is 0 Å². The maximum absolute atomic E-state index is 5.40. The minimum atomic E-state index is 0.687. The molecule has 2 aromatic heterocycles. The molecule has 0 bridgehead atoms. The molecule has 0 radical (unpaired) electrons. The summed E-state index contributed by atoms with van der Waals surface area (Å²) < 4.78 is 13.0. The highest BCUT2D eigenvalue weighted by Crippen LogP contribution is 2.22. The Labute approximate surface area is 100 Å². The Morgan fingerprint density at radius 1 is 1.35 bits per heavy atom. The summed E-state index contributed by atoms with van der Waals surface area (Å²) in [6.45, 7) is 2.77. The number of rotatable bonds is 3. The van der Waals surface area contributed by atoms with Gasteiger partial charge in [0.25, 0.3) is 0 Å². The topological polar surface area (TPSA) is 40.2 Å². The highest BCUT2D eigenvalue weighted by molar-refractivity contribution is 5.46. The zero-order valence-electron chi connectivity index (χ0n) is 9.71. The molecule has 1 aliphatic heterocycles. The fourth-order valence-corrected chi connectivity index (χ4v) is 2.29. The van der Waals surface area contributed by atoms with Crippen molar-refractivity contribution in [2.45, 2.75) is 19.4 Å². The second-order valence-electron chi connectivity index (χ2n) is 4.44. The van der Waals surface area contributed by atoms with Gasteiger partial charge in [0.15, 0.2) is 11.6 Å². The predicted octanol–water partition coefficient (Wildman–Crippen LogP) is 2.57. The fraction of sp³-hybridized carbons (Fsp3) is 0.462. The molecule has 0 saturated carbocycles. The number of imidazole rings is 1. The third kappa shape index (κ3) is 2.26. The van der Waals surface area contributed by atoms with Gasteiger partial charge in [-0.15, -0.1) is 0 Å². The standard InChI is InChI=1S/C13H16N2O2/c1-2-12(17-7-1)13-14-5-6-15(13)10-11-3-8-16-9-4-11/h1-2,5-7,11H,3-4,8-10H2. The highest BCUT2D eigenvalue weighted by atomic mass is 16.5. The van der Waals surface area contributed by atoms with Crippen LogP contribution in [0.5, 0.6) is 0 Å². The van der Waals surface area contributed by atoms with Crippen LogP contribution in [0.15, 0.2) is 35.2 Å². The molecule has 0 unspecified atom stereocenters. The average molecular weight is 232 g/mol. The summed E-state index contributed by atoms with van der Waals surface area (Å²) in [5.74, 6) is 2.44. The third-order valence-electron chi connectivity index (χ3n) is 3.25. The van der Waals surface area contributed by atoms with Crippen LogP contribution in [0.1, 0.15) is 12.8 Å². The van der Waals surface area contributed by atoms with Gasteiger partial charge >= 0.3 is 0 Å². The van der Waals surface area contributed by atoms with Crippen LogP contribution in [0.4, 0.5) is 0 Å². The molecule has 2 aromatic rings. The van der Waals surface area contributed by atoms with E-state index in [0.29, 0.717) is 5.92 Å². The highest BCUT2D eigenvalue weighted by Gasteiger charge is 2.16. The first-order valence-corrected chi connectivity index (χ1v) is 6.06. The minimum absolute atomic E-state index is 0.687. The van der Waals surface area contributed by atoms with E-state index < -0.39 is 0 Å². The summed E-state index contributed by atoms with van der Waals surface area (Å²) in [7, 11) is 0. The quantitative estimate of drug-likeness (QED) is 0.816. The molecular weight excluding hydrogens is 216 g/mol. The molecule has 0 N–H and O–H groups in total. The van der Waals surface area contributed by atoms with Gasteiger partial charge in [0, 0.05) is 32.2 Å². The Morgan fingerprint density at radius 2 is 2.24 bits per heavy atom. The Bertz CT molecular complexity index is 455. The molecule has 0 amide bonds. The van der Waals surface area contributed by atoms with Gasteiger partial charge in [0.2, 0.25) is 0 Å². The van der Waals surface area contributed by atoms with Gasteiger partial charge in [-0.05, 0) is 30.9 Å². The van der Waals surface area contributed by atoms with Crippen molar-refractivity contribution in [3.05, 3.63) is 30.8 Å². The summed E-state index contributed by atoms with van der Waals surface area (Å²) in [5.41, 5.74) is 0. The van der Waals surface area contributed by atoms with E-state index in [0.717, 1.165) is 44.2 Å². The maximum atomic E-state index is 5.40. The van der Waals surface area contributed by atoms with Gasteiger partial charge in [-0.2, -0.15) is 0 Å². The van der Waals surface area contributed by atoms with Gasteiger partial charge in [-0.3, -0.25) is 0 Å². The van der Waals surface area contributed by atoms with Crippen LogP contribution in [-0.2, 0) is 11.3 Å². The maximum Gasteiger partial charge on any atom is 0.176 e. The van der Waals surface area contributed by atoms with Crippen molar-refractivity contribution in [3.8, 4) is 11.6 Å². The lowest BCUT2D eigenvalue weighted by Crippen LogP contribution is -2.20. The molecule has 0 aliphatic carbocycles. The lowest BCUT2D eigenvalue weighted by Gasteiger charge is -2.22. The lowest BCUT2D eigenvalue weighted by atomic mass is 10.0. The van der Waals surface area contributed by atoms with E-state index in [1.54, 1.807) is 6.26 Å². The van der Waals surface area contributed by atoms with Gasteiger partial charge in [-0.1, -0.05) is 0 Å². The van der Waals surface area contributed by atoms with E-state index in [1.165, 1.54) is 0 Å². The molecule has 17 heavy (non-hydrogen) atoms. The molecule has 4 heteroatoms. The van der Waals surface area contributed by atoms with E-state index in [-0.39, 0.29) is 0 Å². The predicted molar refractivity (Wildman–Crippen MR) is 63.5 cm³/mol. The van der Waals surface area contributed by atoms with E-state index in [4.69, 9.17) is 9.15 Å². The smallest absolute Gasteiger partial charge is 0.176 e. The van der Waals surface area contributed by atoms with Crippen molar-refractivity contribution in [3.63, 3.8) is 0 Å². The first kappa shape index (κ1) is 10.6. The summed E-state index contributed by atoms with van der Waals surface area (Å²) >= 11 is 0. The zero-order valence-corrected chi connectivity index (χ0v) is 9.71. The molecule has 1 aliphatic rings. The first-order valence-electron chi connectivity index (χ1n) is 6.06. The Kier molecular flexibility index (Phi) is 2.96. The number of nitrogens with zero attached hydrogens (tertiary/aromatic N) is 2. The first-order chi connectivity index (χ1) is 8.43. The molecule has 3 rings (SSSR count). The van der Waals surface area contributed by atoms with Crippen LogP contribution >= 0.6 is 0 Å². The van der Waals surface area contributed by atoms with Gasteiger partial charge in [0.1, 0.15) is 0 Å². The summed E-state index contributed by atoms with van der Waals surface area (Å²) in [4.78, 5) is 4.36. The van der Waals surface area contributed by atoms with Crippen LogP contribution in [0.2, 0.25) is 0 Å². The Morgan fingerprint density at radius 3 is 3.00 bits per heavy atom. The Hall–Kier alpha value is -1.55. The van der Waals surface area contributed by atoms with Crippen LogP contribution < -0.4 is 0 Å². The number of hydrogen-bond acceptors (Lipinski definition) is 3. The monoisotopic (exact) mass is 232 g/mol. The molecule has 0 spiro atoms. The van der Waals surface area contributed by atoms with Gasteiger partial charge in [-0.25, -0.2) is 4.98 Å². The van der Waals surface area contributed by atoms with Crippen molar-refractivity contribution in [1.82, 2.24) is 9.55 Å². The number of hydrogen-bond donors (Lipinski definition) is 0. The molecule has 0 atom stereocenters. The van der Waals surface area contributed by atoms with Crippen LogP contribution in [-0.4, -0.2) is 22.8 Å². The molecule has 1 saturated heterocycles. The lowest BCUT2D eigenvalue weighted by molar-refractivity contribution is 0.0614.